The Labute approximate surface area is 121 Å². The van der Waals surface area contributed by atoms with E-state index in [-0.39, 0.29) is 12.3 Å². The molecule has 5 nitrogen and oxygen atoms in total. The molecule has 2 N–H and O–H groups in total. The molecule has 0 amide bonds. The first-order valence-corrected chi connectivity index (χ1v) is 7.72. The Morgan fingerprint density at radius 1 is 1.40 bits per heavy atom. The molecule has 0 spiro atoms. The van der Waals surface area contributed by atoms with Gasteiger partial charge < -0.3 is 19.6 Å². The summed E-state index contributed by atoms with van der Waals surface area (Å²) in [6.07, 6.45) is 3.54. The molecular formula is C15H28N2O3. The van der Waals surface area contributed by atoms with Gasteiger partial charge in [-0.15, -0.1) is 5.48 Å². The number of nitrogens with one attached hydrogen (secondary N) is 1. The second kappa shape index (κ2) is 7.41. The predicted octanol–water partition coefficient (Wildman–Crippen LogP) is 1.50. The van der Waals surface area contributed by atoms with Crippen LogP contribution in [-0.2, 0) is 9.57 Å². The highest BCUT2D eigenvalue weighted by molar-refractivity contribution is 5.05. The van der Waals surface area contributed by atoms with Crippen LogP contribution in [0.25, 0.3) is 0 Å². The maximum atomic E-state index is 9.46. The molecule has 116 valence electrons. The molecular weight excluding hydrogens is 256 g/mol. The van der Waals surface area contributed by atoms with Crippen LogP contribution < -0.4 is 5.48 Å². The molecule has 0 aromatic heterocycles. The highest BCUT2D eigenvalue weighted by atomic mass is 16.7. The van der Waals surface area contributed by atoms with Gasteiger partial charge in [-0.2, -0.15) is 0 Å². The topological polar surface area (TPSA) is 54.0 Å². The number of hydrogen-bond donors (Lipinski definition) is 2. The smallest absolute Gasteiger partial charge is 0.162 e. The third-order valence-corrected chi connectivity index (χ3v) is 4.32. The fourth-order valence-electron chi connectivity index (χ4n) is 2.45. The second-order valence-corrected chi connectivity index (χ2v) is 6.19. The number of aliphatic hydroxyl groups excluding tert-OH is 1. The lowest BCUT2D eigenvalue weighted by Gasteiger charge is -2.29. The molecule has 2 rings (SSSR count). The van der Waals surface area contributed by atoms with Gasteiger partial charge in [-0.3, -0.25) is 0 Å². The lowest BCUT2D eigenvalue weighted by molar-refractivity contribution is -0.0307. The third kappa shape index (κ3) is 4.45. The van der Waals surface area contributed by atoms with Crippen molar-refractivity contribution in [1.82, 2.24) is 10.4 Å². The molecule has 2 aliphatic rings. The summed E-state index contributed by atoms with van der Waals surface area (Å²) in [4.78, 5) is 7.82. The minimum absolute atomic E-state index is 0.111. The van der Waals surface area contributed by atoms with E-state index in [1.165, 1.54) is 0 Å². The first-order valence-electron chi connectivity index (χ1n) is 7.72. The summed E-state index contributed by atoms with van der Waals surface area (Å²) in [5.74, 6) is 1.94. The van der Waals surface area contributed by atoms with Gasteiger partial charge in [-0.1, -0.05) is 20.8 Å². The molecule has 1 fully saturated rings. The number of rotatable bonds is 6. The van der Waals surface area contributed by atoms with Crippen LogP contribution in [0.2, 0.25) is 0 Å². The second-order valence-electron chi connectivity index (χ2n) is 6.19. The molecule has 2 heterocycles. The molecule has 5 heteroatoms. The van der Waals surface area contributed by atoms with E-state index >= 15 is 0 Å². The molecule has 1 saturated heterocycles. The lowest BCUT2D eigenvalue weighted by atomic mass is 9.96. The van der Waals surface area contributed by atoms with Crippen molar-refractivity contribution in [1.29, 1.82) is 0 Å². The molecule has 0 bridgehead atoms. The number of likely N-dealkylation sites (tertiary alicyclic amines) is 1. The van der Waals surface area contributed by atoms with Crippen LogP contribution in [0.4, 0.5) is 0 Å². The highest BCUT2D eigenvalue weighted by Crippen LogP contribution is 2.23. The van der Waals surface area contributed by atoms with Gasteiger partial charge in [0.05, 0.1) is 12.7 Å². The molecule has 2 aliphatic heterocycles. The van der Waals surface area contributed by atoms with Crippen molar-refractivity contribution in [3.05, 3.63) is 11.8 Å². The Hall–Kier alpha value is -0.620. The molecule has 2 unspecified atom stereocenters. The number of hydroxylamine groups is 1. The van der Waals surface area contributed by atoms with E-state index < -0.39 is 0 Å². The number of nitrogens with zero attached hydrogens (tertiary/aromatic N) is 1. The number of aliphatic hydroxyl groups is 1. The van der Waals surface area contributed by atoms with Crippen molar-refractivity contribution in [2.45, 2.75) is 45.9 Å². The zero-order chi connectivity index (χ0) is 14.5. The van der Waals surface area contributed by atoms with E-state index in [2.05, 4.69) is 31.2 Å². The number of ether oxygens (including phenoxy) is 1. The predicted molar refractivity (Wildman–Crippen MR) is 77.7 cm³/mol. The van der Waals surface area contributed by atoms with Crippen molar-refractivity contribution in [2.75, 3.05) is 26.2 Å². The molecule has 0 aromatic rings. The van der Waals surface area contributed by atoms with Crippen LogP contribution in [0.15, 0.2) is 11.8 Å². The highest BCUT2D eigenvalue weighted by Gasteiger charge is 2.24. The van der Waals surface area contributed by atoms with Crippen LogP contribution in [0.1, 0.15) is 33.6 Å². The van der Waals surface area contributed by atoms with Crippen LogP contribution in [0.3, 0.4) is 0 Å². The fraction of sp³-hybridized carbons (Fsp3) is 0.867. The van der Waals surface area contributed by atoms with Gasteiger partial charge in [-0.25, -0.2) is 0 Å². The van der Waals surface area contributed by atoms with E-state index in [9.17, 15) is 5.11 Å². The van der Waals surface area contributed by atoms with Crippen molar-refractivity contribution in [2.24, 2.45) is 11.8 Å². The van der Waals surface area contributed by atoms with Gasteiger partial charge in [0, 0.05) is 31.6 Å². The lowest BCUT2D eigenvalue weighted by Crippen LogP contribution is -2.38. The average Bonchev–Trinajstić information content (AvgIpc) is 2.89. The van der Waals surface area contributed by atoms with E-state index in [0.29, 0.717) is 18.4 Å². The summed E-state index contributed by atoms with van der Waals surface area (Å²) in [7, 11) is 0. The summed E-state index contributed by atoms with van der Waals surface area (Å²) in [5, 5.41) is 9.46. The fourth-order valence-corrected chi connectivity index (χ4v) is 2.45. The number of hydrogen-bond acceptors (Lipinski definition) is 5. The van der Waals surface area contributed by atoms with Crippen LogP contribution in [0, 0.1) is 11.8 Å². The quantitative estimate of drug-likeness (QED) is 0.774. The summed E-state index contributed by atoms with van der Waals surface area (Å²) in [6.45, 7) is 10.1. The first kappa shape index (κ1) is 15.8. The maximum absolute atomic E-state index is 9.46. The maximum Gasteiger partial charge on any atom is 0.162 e. The van der Waals surface area contributed by atoms with Crippen molar-refractivity contribution in [3.8, 4) is 0 Å². The van der Waals surface area contributed by atoms with Gasteiger partial charge in [0.2, 0.25) is 0 Å². The first-order chi connectivity index (χ1) is 9.56. The van der Waals surface area contributed by atoms with Gasteiger partial charge >= 0.3 is 0 Å². The summed E-state index contributed by atoms with van der Waals surface area (Å²) in [6, 6.07) is 0. The Morgan fingerprint density at radius 2 is 2.10 bits per heavy atom. The molecule has 0 saturated carbocycles. The van der Waals surface area contributed by atoms with Gasteiger partial charge in [0.25, 0.3) is 0 Å². The summed E-state index contributed by atoms with van der Waals surface area (Å²) < 4.78 is 5.78. The Balaban J connectivity index is 1.65. The van der Waals surface area contributed by atoms with E-state index in [1.807, 2.05) is 6.08 Å². The van der Waals surface area contributed by atoms with E-state index in [1.54, 1.807) is 0 Å². The number of allylic oxidation sites excluding steroid dienone is 1. The molecule has 0 aromatic carbocycles. The van der Waals surface area contributed by atoms with E-state index in [0.717, 1.165) is 38.2 Å². The van der Waals surface area contributed by atoms with Crippen molar-refractivity contribution < 1.29 is 14.7 Å². The molecule has 0 aliphatic carbocycles. The standard InChI is InChI=1S/C15H28N2O3/c1-11(2)12(3)14-10-15(16-20-14)19-9-8-17-6-4-13(18)5-7-17/h10-13,15-16,18H,4-9H2,1-3H3. The van der Waals surface area contributed by atoms with E-state index in [4.69, 9.17) is 9.57 Å². The largest absolute Gasteiger partial charge is 0.410 e. The zero-order valence-electron chi connectivity index (χ0n) is 12.8. The average molecular weight is 284 g/mol. The van der Waals surface area contributed by atoms with Crippen LogP contribution in [-0.4, -0.2) is 48.6 Å². The SMILES string of the molecule is CC(C)C(C)C1=CC(OCCN2CCC(O)CC2)NO1. The Morgan fingerprint density at radius 3 is 2.75 bits per heavy atom. The zero-order valence-corrected chi connectivity index (χ0v) is 12.8. The van der Waals surface area contributed by atoms with Crippen molar-refractivity contribution in [3.63, 3.8) is 0 Å². The van der Waals surface area contributed by atoms with Gasteiger partial charge in [0.15, 0.2) is 6.23 Å². The molecule has 2 atom stereocenters. The van der Waals surface area contributed by atoms with Gasteiger partial charge in [-0.05, 0) is 18.8 Å². The third-order valence-electron chi connectivity index (χ3n) is 4.32. The molecule has 0 radical (unpaired) electrons. The minimum atomic E-state index is -0.137. The summed E-state index contributed by atoms with van der Waals surface area (Å²) in [5.41, 5.74) is 2.91. The Bertz CT molecular complexity index is 325. The minimum Gasteiger partial charge on any atom is -0.410 e. The van der Waals surface area contributed by atoms with Crippen LogP contribution >= 0.6 is 0 Å². The van der Waals surface area contributed by atoms with Crippen LogP contribution in [0.5, 0.6) is 0 Å². The summed E-state index contributed by atoms with van der Waals surface area (Å²) >= 11 is 0. The van der Waals surface area contributed by atoms with Gasteiger partial charge in [0.1, 0.15) is 5.76 Å². The normalized spacial score (nSPS) is 26.6. The monoisotopic (exact) mass is 284 g/mol. The van der Waals surface area contributed by atoms with Crippen molar-refractivity contribution >= 4 is 0 Å². The molecule has 20 heavy (non-hydrogen) atoms. The number of piperidine rings is 1. The Kier molecular flexibility index (Phi) is 5.84.